The van der Waals surface area contributed by atoms with Gasteiger partial charge < -0.3 is 14.8 Å². The van der Waals surface area contributed by atoms with Gasteiger partial charge in [-0.3, -0.25) is 4.79 Å². The first-order valence-corrected chi connectivity index (χ1v) is 9.64. The zero-order valence-corrected chi connectivity index (χ0v) is 16.8. The number of halogens is 1. The Morgan fingerprint density at radius 2 is 1.77 bits per heavy atom. The predicted octanol–water partition coefficient (Wildman–Crippen LogP) is 4.71. The summed E-state index contributed by atoms with van der Waals surface area (Å²) in [6, 6.07) is 13.6. The fourth-order valence-electron chi connectivity index (χ4n) is 3.78. The van der Waals surface area contributed by atoms with Crippen molar-refractivity contribution in [2.24, 2.45) is 0 Å². The Morgan fingerprint density at radius 1 is 1.08 bits per heavy atom. The molecule has 0 bridgehead atoms. The van der Waals surface area contributed by atoms with Crippen molar-refractivity contribution in [2.45, 2.75) is 31.1 Å². The van der Waals surface area contributed by atoms with Crippen LogP contribution in [0.3, 0.4) is 0 Å². The van der Waals surface area contributed by atoms with Crippen molar-refractivity contribution in [3.05, 3.63) is 58.1 Å². The molecule has 1 saturated carbocycles. The molecule has 3 rings (SSSR count). The van der Waals surface area contributed by atoms with E-state index < -0.39 is 0 Å². The van der Waals surface area contributed by atoms with Gasteiger partial charge in [-0.2, -0.15) is 0 Å². The highest BCUT2D eigenvalue weighted by Gasteiger charge is 2.36. The van der Waals surface area contributed by atoms with Crippen LogP contribution >= 0.6 is 15.9 Å². The summed E-state index contributed by atoms with van der Waals surface area (Å²) in [6.07, 6.45) is 4.44. The number of rotatable bonds is 6. The molecule has 1 aliphatic rings. The van der Waals surface area contributed by atoms with Gasteiger partial charge in [0.25, 0.3) is 5.91 Å². The maximum absolute atomic E-state index is 12.6. The smallest absolute Gasteiger partial charge is 0.252 e. The second kappa shape index (κ2) is 8.12. The number of carbonyl (C=O) groups is 1. The van der Waals surface area contributed by atoms with Crippen LogP contribution in [0.4, 0.5) is 0 Å². The fraction of sp³-hybridized carbons (Fsp3) is 0.381. The van der Waals surface area contributed by atoms with Crippen LogP contribution in [-0.4, -0.2) is 26.7 Å². The minimum Gasteiger partial charge on any atom is -0.493 e. The molecular weight excluding hydrogens is 394 g/mol. The molecule has 0 saturated heterocycles. The molecule has 0 unspecified atom stereocenters. The van der Waals surface area contributed by atoms with Gasteiger partial charge in [0, 0.05) is 16.4 Å². The maximum atomic E-state index is 12.6. The minimum absolute atomic E-state index is 0.0516. The molecule has 0 aliphatic heterocycles. The fourth-order valence-corrected chi connectivity index (χ4v) is 4.24. The summed E-state index contributed by atoms with van der Waals surface area (Å²) in [5.41, 5.74) is 1.80. The lowest BCUT2D eigenvalue weighted by Gasteiger charge is -2.30. The number of carbonyl (C=O) groups excluding carboxylic acids is 1. The van der Waals surface area contributed by atoms with Gasteiger partial charge in [0.15, 0.2) is 11.5 Å². The minimum atomic E-state index is -0.0591. The number of hydrogen-bond donors (Lipinski definition) is 1. The second-order valence-corrected chi connectivity index (χ2v) is 7.57. The van der Waals surface area contributed by atoms with Crippen molar-refractivity contribution in [3.63, 3.8) is 0 Å². The number of nitrogens with one attached hydrogen (secondary N) is 1. The lowest BCUT2D eigenvalue weighted by atomic mass is 9.78. The lowest BCUT2D eigenvalue weighted by molar-refractivity contribution is 0.0942. The molecule has 2 aromatic rings. The third-order valence-corrected chi connectivity index (χ3v) is 5.95. The molecule has 2 aromatic carbocycles. The molecule has 0 aromatic heterocycles. The molecular formula is C21H24BrNO3. The summed E-state index contributed by atoms with van der Waals surface area (Å²) in [7, 11) is 3.29. The van der Waals surface area contributed by atoms with Crippen LogP contribution in [0.1, 0.15) is 41.6 Å². The Bertz CT molecular complexity index is 785. The molecule has 4 nitrogen and oxygen atoms in total. The standard InChI is InChI=1S/C21H24BrNO3/c1-25-18-10-9-15(13-19(18)26-2)21(11-5-6-12-21)14-23-20(24)16-7-3-4-8-17(16)22/h3-4,7-10,13H,5-6,11-12,14H2,1-2H3,(H,23,24). The van der Waals surface area contributed by atoms with Crippen LogP contribution in [0, 0.1) is 0 Å². The SMILES string of the molecule is COc1ccc(C2(CNC(=O)c3ccccc3Br)CCCC2)cc1OC. The van der Waals surface area contributed by atoms with Crippen LogP contribution in [-0.2, 0) is 5.41 Å². The molecule has 0 radical (unpaired) electrons. The molecule has 5 heteroatoms. The predicted molar refractivity (Wildman–Crippen MR) is 106 cm³/mol. The number of amides is 1. The largest absolute Gasteiger partial charge is 0.493 e. The van der Waals surface area contributed by atoms with E-state index in [1.165, 1.54) is 18.4 Å². The lowest BCUT2D eigenvalue weighted by Crippen LogP contribution is -2.39. The molecule has 0 heterocycles. The summed E-state index contributed by atoms with van der Waals surface area (Å²) < 4.78 is 11.6. The van der Waals surface area contributed by atoms with Crippen molar-refractivity contribution in [1.29, 1.82) is 0 Å². The molecule has 1 amide bonds. The van der Waals surface area contributed by atoms with Gasteiger partial charge in [-0.15, -0.1) is 0 Å². The van der Waals surface area contributed by atoms with Gasteiger partial charge in [-0.1, -0.05) is 31.0 Å². The van der Waals surface area contributed by atoms with Crippen molar-refractivity contribution < 1.29 is 14.3 Å². The summed E-state index contributed by atoms with van der Waals surface area (Å²) in [4.78, 5) is 12.6. The Morgan fingerprint density at radius 3 is 2.42 bits per heavy atom. The van der Waals surface area contributed by atoms with Crippen LogP contribution in [0.2, 0.25) is 0 Å². The van der Waals surface area contributed by atoms with Gasteiger partial charge in [0.1, 0.15) is 0 Å². The quantitative estimate of drug-likeness (QED) is 0.740. The van der Waals surface area contributed by atoms with Crippen LogP contribution in [0.5, 0.6) is 11.5 Å². The van der Waals surface area contributed by atoms with Gasteiger partial charge in [-0.25, -0.2) is 0 Å². The highest BCUT2D eigenvalue weighted by Crippen LogP contribution is 2.43. The molecule has 0 spiro atoms. The van der Waals surface area contributed by atoms with E-state index in [0.717, 1.165) is 28.8 Å². The highest BCUT2D eigenvalue weighted by molar-refractivity contribution is 9.10. The van der Waals surface area contributed by atoms with E-state index >= 15 is 0 Å². The third kappa shape index (κ3) is 3.73. The Hall–Kier alpha value is -2.01. The molecule has 1 N–H and O–H groups in total. The molecule has 138 valence electrons. The Labute approximate surface area is 163 Å². The van der Waals surface area contributed by atoms with Crippen molar-refractivity contribution in [1.82, 2.24) is 5.32 Å². The first-order valence-electron chi connectivity index (χ1n) is 8.85. The summed E-state index contributed by atoms with van der Waals surface area (Å²) in [6.45, 7) is 0.614. The zero-order valence-electron chi connectivity index (χ0n) is 15.2. The maximum Gasteiger partial charge on any atom is 0.252 e. The average molecular weight is 418 g/mol. The number of methoxy groups -OCH3 is 2. The Balaban J connectivity index is 1.83. The van der Waals surface area contributed by atoms with Gasteiger partial charge >= 0.3 is 0 Å². The summed E-state index contributed by atoms with van der Waals surface area (Å²) in [5.74, 6) is 1.40. The molecule has 0 atom stereocenters. The molecule has 1 aliphatic carbocycles. The van der Waals surface area contributed by atoms with E-state index in [1.54, 1.807) is 14.2 Å². The zero-order chi connectivity index (χ0) is 18.6. The van der Waals surface area contributed by atoms with Gasteiger partial charge in [-0.05, 0) is 58.6 Å². The van der Waals surface area contributed by atoms with Crippen LogP contribution < -0.4 is 14.8 Å². The van der Waals surface area contributed by atoms with Crippen LogP contribution in [0.25, 0.3) is 0 Å². The number of ether oxygens (including phenoxy) is 2. The first kappa shape index (κ1) is 18.8. The topological polar surface area (TPSA) is 47.6 Å². The molecule has 26 heavy (non-hydrogen) atoms. The summed E-state index contributed by atoms with van der Waals surface area (Å²) in [5, 5.41) is 3.15. The van der Waals surface area contributed by atoms with E-state index in [4.69, 9.17) is 9.47 Å². The van der Waals surface area contributed by atoms with E-state index in [1.807, 2.05) is 30.3 Å². The normalized spacial score (nSPS) is 15.5. The number of hydrogen-bond acceptors (Lipinski definition) is 3. The summed E-state index contributed by atoms with van der Waals surface area (Å²) >= 11 is 3.45. The van der Waals surface area contributed by atoms with Crippen molar-refractivity contribution >= 4 is 21.8 Å². The molecule has 1 fully saturated rings. The second-order valence-electron chi connectivity index (χ2n) is 6.72. The van der Waals surface area contributed by atoms with Gasteiger partial charge in [0.2, 0.25) is 0 Å². The van der Waals surface area contributed by atoms with Gasteiger partial charge in [0.05, 0.1) is 19.8 Å². The van der Waals surface area contributed by atoms with E-state index in [-0.39, 0.29) is 11.3 Å². The number of benzene rings is 2. The third-order valence-electron chi connectivity index (χ3n) is 5.26. The van der Waals surface area contributed by atoms with Crippen molar-refractivity contribution in [2.75, 3.05) is 20.8 Å². The first-order chi connectivity index (χ1) is 12.6. The Kier molecular flexibility index (Phi) is 5.87. The highest BCUT2D eigenvalue weighted by atomic mass is 79.9. The average Bonchev–Trinajstić information content (AvgIpc) is 3.16. The van der Waals surface area contributed by atoms with E-state index in [2.05, 4.69) is 33.4 Å². The van der Waals surface area contributed by atoms with E-state index in [0.29, 0.717) is 12.1 Å². The van der Waals surface area contributed by atoms with Crippen LogP contribution in [0.15, 0.2) is 46.9 Å². The monoisotopic (exact) mass is 417 g/mol. The van der Waals surface area contributed by atoms with Crippen molar-refractivity contribution in [3.8, 4) is 11.5 Å². The van der Waals surface area contributed by atoms with E-state index in [9.17, 15) is 4.79 Å².